The number of amides is 1. The molecule has 0 aromatic heterocycles. The predicted molar refractivity (Wildman–Crippen MR) is 93.7 cm³/mol. The summed E-state index contributed by atoms with van der Waals surface area (Å²) in [7, 11) is 0. The van der Waals surface area contributed by atoms with Gasteiger partial charge in [-0.1, -0.05) is 32.9 Å². The Morgan fingerprint density at radius 1 is 1.09 bits per heavy atom. The lowest BCUT2D eigenvalue weighted by atomic mass is 9.87. The lowest BCUT2D eigenvalue weighted by Crippen LogP contribution is -2.49. The Bertz CT molecular complexity index is 500. The average Bonchev–Trinajstić information content (AvgIpc) is 2.49. The Morgan fingerprint density at radius 3 is 2.17 bits per heavy atom. The molecule has 1 amide bonds. The lowest BCUT2D eigenvalue weighted by molar-refractivity contribution is -0.117. The first-order valence-corrected chi connectivity index (χ1v) is 8.34. The molecule has 0 radical (unpaired) electrons. The van der Waals surface area contributed by atoms with Gasteiger partial charge in [-0.15, -0.1) is 0 Å². The summed E-state index contributed by atoms with van der Waals surface area (Å²) in [4.78, 5) is 16.5. The second-order valence-electron chi connectivity index (χ2n) is 7.22. The second kappa shape index (κ2) is 7.90. The molecule has 0 aliphatic carbocycles. The first-order valence-electron chi connectivity index (χ1n) is 8.34. The summed E-state index contributed by atoms with van der Waals surface area (Å²) in [5, 5.41) is 11.9. The SMILES string of the molecule is CC(C)(C)c1ccc(NC(=O)CN2CCN(CCO)CC2)cc1. The number of carbonyl (C=O) groups excluding carboxylic acids is 1. The van der Waals surface area contributed by atoms with E-state index in [9.17, 15) is 4.79 Å². The molecule has 1 fully saturated rings. The van der Waals surface area contributed by atoms with Gasteiger partial charge in [-0.3, -0.25) is 14.6 Å². The number of nitrogens with zero attached hydrogens (tertiary/aromatic N) is 2. The maximum atomic E-state index is 12.2. The van der Waals surface area contributed by atoms with Crippen LogP contribution in [0.1, 0.15) is 26.3 Å². The van der Waals surface area contributed by atoms with Gasteiger partial charge >= 0.3 is 0 Å². The number of anilines is 1. The fraction of sp³-hybridized carbons (Fsp3) is 0.611. The topological polar surface area (TPSA) is 55.8 Å². The molecule has 0 bridgehead atoms. The van der Waals surface area contributed by atoms with Crippen molar-refractivity contribution in [2.24, 2.45) is 0 Å². The highest BCUT2D eigenvalue weighted by Crippen LogP contribution is 2.23. The molecular weight excluding hydrogens is 290 g/mol. The monoisotopic (exact) mass is 319 g/mol. The molecule has 0 saturated carbocycles. The molecule has 0 spiro atoms. The number of piperazine rings is 1. The maximum absolute atomic E-state index is 12.2. The van der Waals surface area contributed by atoms with Gasteiger partial charge in [-0.05, 0) is 23.1 Å². The Kier molecular flexibility index (Phi) is 6.16. The van der Waals surface area contributed by atoms with Gasteiger partial charge in [0.05, 0.1) is 13.2 Å². The summed E-state index contributed by atoms with van der Waals surface area (Å²) >= 11 is 0. The van der Waals surface area contributed by atoms with Crippen molar-refractivity contribution in [1.82, 2.24) is 9.80 Å². The molecule has 0 atom stereocenters. The number of hydrogen-bond acceptors (Lipinski definition) is 4. The van der Waals surface area contributed by atoms with E-state index in [2.05, 4.69) is 48.0 Å². The average molecular weight is 319 g/mol. The summed E-state index contributed by atoms with van der Waals surface area (Å²) in [6, 6.07) is 8.09. The van der Waals surface area contributed by atoms with E-state index >= 15 is 0 Å². The summed E-state index contributed by atoms with van der Waals surface area (Å²) in [6.45, 7) is 11.4. The predicted octanol–water partition coefficient (Wildman–Crippen LogP) is 1.53. The fourth-order valence-corrected chi connectivity index (χ4v) is 2.77. The Balaban J connectivity index is 1.79. The van der Waals surface area contributed by atoms with Crippen molar-refractivity contribution in [1.29, 1.82) is 0 Å². The van der Waals surface area contributed by atoms with E-state index < -0.39 is 0 Å². The van der Waals surface area contributed by atoms with Crippen molar-refractivity contribution in [2.75, 3.05) is 51.2 Å². The van der Waals surface area contributed by atoms with Gasteiger partial charge in [0.15, 0.2) is 0 Å². The molecule has 2 rings (SSSR count). The largest absolute Gasteiger partial charge is 0.395 e. The molecule has 5 nitrogen and oxygen atoms in total. The Labute approximate surface area is 139 Å². The minimum atomic E-state index is 0.0316. The van der Waals surface area contributed by atoms with Gasteiger partial charge in [-0.25, -0.2) is 0 Å². The third-order valence-corrected chi connectivity index (χ3v) is 4.28. The molecule has 1 aliphatic rings. The third kappa shape index (κ3) is 5.61. The summed E-state index contributed by atoms with van der Waals surface area (Å²) < 4.78 is 0. The Morgan fingerprint density at radius 2 is 1.65 bits per heavy atom. The van der Waals surface area contributed by atoms with Gasteiger partial charge in [0.25, 0.3) is 0 Å². The van der Waals surface area contributed by atoms with E-state index in [1.54, 1.807) is 0 Å². The summed E-state index contributed by atoms with van der Waals surface area (Å²) in [5.41, 5.74) is 2.23. The number of rotatable bonds is 5. The van der Waals surface area contributed by atoms with Gasteiger partial charge in [0.2, 0.25) is 5.91 Å². The number of carbonyl (C=O) groups is 1. The van der Waals surface area contributed by atoms with Crippen molar-refractivity contribution < 1.29 is 9.90 Å². The molecule has 2 N–H and O–H groups in total. The van der Waals surface area contributed by atoms with Crippen LogP contribution in [0.15, 0.2) is 24.3 Å². The minimum Gasteiger partial charge on any atom is -0.395 e. The molecule has 1 heterocycles. The normalized spacial score (nSPS) is 17.2. The van der Waals surface area contributed by atoms with Crippen LogP contribution in [0.4, 0.5) is 5.69 Å². The third-order valence-electron chi connectivity index (χ3n) is 4.28. The van der Waals surface area contributed by atoms with Gasteiger partial charge in [-0.2, -0.15) is 0 Å². The zero-order chi connectivity index (χ0) is 16.9. The molecule has 0 unspecified atom stereocenters. The zero-order valence-corrected chi connectivity index (χ0v) is 14.5. The van der Waals surface area contributed by atoms with Crippen LogP contribution in [-0.2, 0) is 10.2 Å². The highest BCUT2D eigenvalue weighted by atomic mass is 16.3. The van der Waals surface area contributed by atoms with Crippen LogP contribution in [0, 0.1) is 0 Å². The molecular formula is C18H29N3O2. The van der Waals surface area contributed by atoms with Crippen LogP contribution < -0.4 is 5.32 Å². The molecule has 1 saturated heterocycles. The van der Waals surface area contributed by atoms with Crippen molar-refractivity contribution in [3.8, 4) is 0 Å². The van der Waals surface area contributed by atoms with Crippen LogP contribution in [0.25, 0.3) is 0 Å². The zero-order valence-electron chi connectivity index (χ0n) is 14.5. The van der Waals surface area contributed by atoms with Gasteiger partial charge in [0.1, 0.15) is 0 Å². The van der Waals surface area contributed by atoms with E-state index in [4.69, 9.17) is 5.11 Å². The van der Waals surface area contributed by atoms with Gasteiger partial charge in [0, 0.05) is 38.4 Å². The lowest BCUT2D eigenvalue weighted by Gasteiger charge is -2.33. The second-order valence-corrected chi connectivity index (χ2v) is 7.22. The van der Waals surface area contributed by atoms with E-state index in [-0.39, 0.29) is 17.9 Å². The number of aliphatic hydroxyl groups excluding tert-OH is 1. The number of β-amino-alcohol motifs (C(OH)–C–C–N with tert-alkyl or cyclic N) is 1. The van der Waals surface area contributed by atoms with Crippen LogP contribution in [0.5, 0.6) is 0 Å². The van der Waals surface area contributed by atoms with E-state index in [0.29, 0.717) is 6.54 Å². The number of nitrogens with one attached hydrogen (secondary N) is 1. The molecule has 128 valence electrons. The highest BCUT2D eigenvalue weighted by Gasteiger charge is 2.18. The molecule has 5 heteroatoms. The number of aliphatic hydroxyl groups is 1. The van der Waals surface area contributed by atoms with E-state index in [1.807, 2.05) is 12.1 Å². The van der Waals surface area contributed by atoms with Crippen molar-refractivity contribution in [3.05, 3.63) is 29.8 Å². The maximum Gasteiger partial charge on any atom is 0.238 e. The van der Waals surface area contributed by atoms with Crippen LogP contribution >= 0.6 is 0 Å². The molecule has 1 aliphatic heterocycles. The van der Waals surface area contributed by atoms with Gasteiger partial charge < -0.3 is 10.4 Å². The van der Waals surface area contributed by atoms with Crippen LogP contribution in [0.3, 0.4) is 0 Å². The first-order chi connectivity index (χ1) is 10.9. The van der Waals surface area contributed by atoms with Crippen molar-refractivity contribution in [2.45, 2.75) is 26.2 Å². The Hall–Kier alpha value is -1.43. The van der Waals surface area contributed by atoms with E-state index in [0.717, 1.165) is 38.4 Å². The van der Waals surface area contributed by atoms with Crippen LogP contribution in [0.2, 0.25) is 0 Å². The summed E-state index contributed by atoms with van der Waals surface area (Å²) in [6.07, 6.45) is 0. The highest BCUT2D eigenvalue weighted by molar-refractivity contribution is 5.92. The summed E-state index contributed by atoms with van der Waals surface area (Å²) in [5.74, 6) is 0.0316. The minimum absolute atomic E-state index is 0.0316. The number of hydrogen-bond donors (Lipinski definition) is 2. The molecule has 23 heavy (non-hydrogen) atoms. The van der Waals surface area contributed by atoms with E-state index in [1.165, 1.54) is 5.56 Å². The molecule has 1 aromatic carbocycles. The standard InChI is InChI=1S/C18H29N3O2/c1-18(2,3)15-4-6-16(7-5-15)19-17(23)14-21-10-8-20(9-11-21)12-13-22/h4-7,22H,8-14H2,1-3H3,(H,19,23). The first kappa shape index (κ1) is 17.9. The van der Waals surface area contributed by atoms with Crippen molar-refractivity contribution >= 4 is 11.6 Å². The number of benzene rings is 1. The quantitative estimate of drug-likeness (QED) is 0.864. The molecule has 1 aromatic rings. The van der Waals surface area contributed by atoms with Crippen LogP contribution in [-0.4, -0.2) is 66.7 Å². The van der Waals surface area contributed by atoms with Crippen molar-refractivity contribution in [3.63, 3.8) is 0 Å². The fourth-order valence-electron chi connectivity index (χ4n) is 2.77. The smallest absolute Gasteiger partial charge is 0.238 e.